The molecule has 6 atom stereocenters. The zero-order valence-electron chi connectivity index (χ0n) is 36.8. The van der Waals surface area contributed by atoms with Gasteiger partial charge < -0.3 is 40.4 Å². The van der Waals surface area contributed by atoms with E-state index in [2.05, 4.69) is 76.0 Å². The Bertz CT molecular complexity index is 2680. The van der Waals surface area contributed by atoms with Crippen molar-refractivity contribution in [2.75, 3.05) is 25.1 Å². The zero-order chi connectivity index (χ0) is 44.6. The number of hydrogen-bond acceptors (Lipinski definition) is 8. The van der Waals surface area contributed by atoms with Gasteiger partial charge in [0.1, 0.15) is 17.4 Å². The Kier molecular flexibility index (Phi) is 12.1. The van der Waals surface area contributed by atoms with Gasteiger partial charge in [-0.1, -0.05) is 60.7 Å². The summed E-state index contributed by atoms with van der Waals surface area (Å²) >= 11 is 0. The van der Waals surface area contributed by atoms with E-state index in [1.807, 2.05) is 36.7 Å². The lowest BCUT2D eigenvalue weighted by Gasteiger charge is -2.36. The van der Waals surface area contributed by atoms with Crippen LogP contribution in [-0.2, 0) is 28.9 Å². The van der Waals surface area contributed by atoms with Crippen molar-refractivity contribution in [2.45, 2.75) is 94.5 Å². The molecule has 0 amide bonds. The van der Waals surface area contributed by atoms with E-state index in [1.54, 1.807) is 6.07 Å². The first kappa shape index (κ1) is 42.8. The predicted molar refractivity (Wildman–Crippen MR) is 252 cm³/mol. The molecule has 10 nitrogen and oxygen atoms in total. The van der Waals surface area contributed by atoms with E-state index in [1.165, 1.54) is 0 Å². The van der Waals surface area contributed by atoms with Crippen molar-refractivity contribution in [1.82, 2.24) is 9.97 Å². The van der Waals surface area contributed by atoms with Gasteiger partial charge in [-0.3, -0.25) is 9.59 Å². The molecule has 1 aliphatic heterocycles. The summed E-state index contributed by atoms with van der Waals surface area (Å²) in [5.41, 5.74) is 10.4. The number of aromatic amines is 2. The van der Waals surface area contributed by atoms with Crippen molar-refractivity contribution < 1.29 is 34.8 Å². The summed E-state index contributed by atoms with van der Waals surface area (Å²) in [4.78, 5) is 37.0. The Morgan fingerprint density at radius 3 is 2.46 bits per heavy atom. The van der Waals surface area contributed by atoms with Gasteiger partial charge in [0, 0.05) is 84.4 Å². The number of phenolic OH excluding ortho intramolecular Hbond substituents is 2. The maximum Gasteiger partial charge on any atom is 0.161 e. The lowest BCUT2D eigenvalue weighted by Crippen LogP contribution is -2.38. The normalized spacial score (nSPS) is 24.3. The molecule has 0 radical (unpaired) electrons. The SMILES string of the molecule is O=C1CCc2cc(c(O)c(OC3CCCC3)c2)Cc2ccc3c(c2)[C@H](C=C[C@H]3CO)c2cc[nH]c2NCC2=Cc3[nH]ccc3[C@H](C[C@@H]3C=Cc4c(O)cccc4CC3)[C@@H]2C(=O)[C@H]1CCO. The van der Waals surface area contributed by atoms with E-state index in [0.717, 1.165) is 100 Å². The van der Waals surface area contributed by atoms with Gasteiger partial charge in [0.05, 0.1) is 18.6 Å². The summed E-state index contributed by atoms with van der Waals surface area (Å²) in [6.45, 7) is 0.00266. The number of ketones is 2. The first-order valence-corrected chi connectivity index (χ1v) is 23.6. The molecule has 2 aromatic heterocycles. The largest absolute Gasteiger partial charge is 0.507 e. The van der Waals surface area contributed by atoms with Crippen LogP contribution in [0.3, 0.4) is 0 Å². The summed E-state index contributed by atoms with van der Waals surface area (Å²) < 4.78 is 6.49. The quantitative estimate of drug-likeness (QED) is 0.0627. The molecular weight excluding hydrogens is 815 g/mol. The monoisotopic (exact) mass is 873 g/mol. The number of rotatable bonds is 7. The molecule has 0 spiro atoms. The molecule has 1 saturated carbocycles. The number of aliphatic hydroxyl groups is 2. The molecule has 336 valence electrons. The van der Waals surface area contributed by atoms with E-state index in [-0.39, 0.29) is 78.9 Å². The van der Waals surface area contributed by atoms with E-state index < -0.39 is 11.8 Å². The molecule has 5 aliphatic rings. The predicted octanol–water partition coefficient (Wildman–Crippen LogP) is 9.40. The van der Waals surface area contributed by atoms with Crippen molar-refractivity contribution in [3.8, 4) is 17.2 Å². The molecule has 3 heterocycles. The second-order valence-electron chi connectivity index (χ2n) is 18.9. The van der Waals surface area contributed by atoms with Gasteiger partial charge in [0.2, 0.25) is 0 Å². The van der Waals surface area contributed by atoms with Gasteiger partial charge in [0.15, 0.2) is 17.3 Å². The number of carbonyl (C=O) groups excluding carboxylic acids is 2. The van der Waals surface area contributed by atoms with Crippen LogP contribution in [0.4, 0.5) is 5.82 Å². The fraction of sp³-hybridized carbons (Fsp3) is 0.382. The number of aliphatic hydroxyl groups excluding tert-OH is 2. The van der Waals surface area contributed by atoms with Crippen LogP contribution in [0, 0.1) is 17.8 Å². The van der Waals surface area contributed by atoms with Gasteiger partial charge in [-0.15, -0.1) is 0 Å². The number of nitrogens with one attached hydrogen (secondary N) is 3. The number of Topliss-reactive ketones (excluding diaryl/α,β-unsaturated/α-hetero) is 2. The Hall–Kier alpha value is -6.10. The van der Waals surface area contributed by atoms with Crippen molar-refractivity contribution in [1.29, 1.82) is 0 Å². The van der Waals surface area contributed by atoms with Crippen LogP contribution < -0.4 is 10.1 Å². The van der Waals surface area contributed by atoms with Crippen molar-refractivity contribution in [3.05, 3.63) is 153 Å². The lowest BCUT2D eigenvalue weighted by molar-refractivity contribution is -0.135. The molecule has 0 saturated heterocycles. The molecule has 3 aromatic carbocycles. The summed E-state index contributed by atoms with van der Waals surface area (Å²) in [6.07, 6.45) is 21.5. The summed E-state index contributed by atoms with van der Waals surface area (Å²) in [6, 6.07) is 20.0. The number of ether oxygens (including phenoxy) is 1. The second-order valence-corrected chi connectivity index (χ2v) is 18.9. The average Bonchev–Trinajstić information content (AvgIpc) is 4.09. The van der Waals surface area contributed by atoms with Gasteiger partial charge >= 0.3 is 0 Å². The maximum absolute atomic E-state index is 15.5. The van der Waals surface area contributed by atoms with Crippen molar-refractivity contribution >= 4 is 29.5 Å². The van der Waals surface area contributed by atoms with E-state index >= 15 is 4.79 Å². The van der Waals surface area contributed by atoms with Crippen LogP contribution in [0.2, 0.25) is 0 Å². The number of anilines is 1. The summed E-state index contributed by atoms with van der Waals surface area (Å²) in [5, 5.41) is 47.2. The minimum absolute atomic E-state index is 0.00436. The number of aryl methyl sites for hydroxylation is 2. The minimum Gasteiger partial charge on any atom is -0.507 e. The van der Waals surface area contributed by atoms with E-state index in [0.29, 0.717) is 37.1 Å². The van der Waals surface area contributed by atoms with Gasteiger partial charge in [-0.05, 0) is 133 Å². The van der Waals surface area contributed by atoms with Crippen LogP contribution in [-0.4, -0.2) is 67.8 Å². The molecule has 4 bridgehead atoms. The summed E-state index contributed by atoms with van der Waals surface area (Å²) in [5.74, 6) is -0.979. The number of hydrogen-bond donors (Lipinski definition) is 7. The number of aromatic nitrogens is 2. The average molecular weight is 874 g/mol. The maximum atomic E-state index is 15.5. The molecule has 1 fully saturated rings. The second kappa shape index (κ2) is 18.4. The first-order chi connectivity index (χ1) is 31.8. The number of aromatic hydroxyl groups is 2. The van der Waals surface area contributed by atoms with Crippen LogP contribution in [0.5, 0.6) is 17.2 Å². The highest BCUT2D eigenvalue weighted by Crippen LogP contribution is 2.47. The highest BCUT2D eigenvalue weighted by Gasteiger charge is 2.42. The fourth-order valence-corrected chi connectivity index (χ4v) is 11.5. The van der Waals surface area contributed by atoms with Gasteiger partial charge in [-0.25, -0.2) is 0 Å². The lowest BCUT2D eigenvalue weighted by atomic mass is 9.67. The Morgan fingerprint density at radius 2 is 1.62 bits per heavy atom. The Morgan fingerprint density at radius 1 is 0.769 bits per heavy atom. The molecule has 5 aromatic rings. The number of phenols is 2. The molecule has 4 aliphatic carbocycles. The fourth-order valence-electron chi connectivity index (χ4n) is 11.5. The molecule has 10 heteroatoms. The number of carbonyl (C=O) groups is 2. The first-order valence-electron chi connectivity index (χ1n) is 23.6. The highest BCUT2D eigenvalue weighted by atomic mass is 16.5. The summed E-state index contributed by atoms with van der Waals surface area (Å²) in [7, 11) is 0. The Labute approximate surface area is 380 Å². The van der Waals surface area contributed by atoms with Crippen molar-refractivity contribution in [2.24, 2.45) is 17.8 Å². The van der Waals surface area contributed by atoms with Crippen LogP contribution in [0.1, 0.15) is 125 Å². The van der Waals surface area contributed by atoms with E-state index in [9.17, 15) is 25.2 Å². The number of benzene rings is 3. The van der Waals surface area contributed by atoms with Crippen molar-refractivity contribution in [3.63, 3.8) is 0 Å². The molecule has 0 unspecified atom stereocenters. The third-order valence-corrected chi connectivity index (χ3v) is 14.9. The van der Waals surface area contributed by atoms with Gasteiger partial charge in [-0.2, -0.15) is 0 Å². The highest BCUT2D eigenvalue weighted by molar-refractivity contribution is 6.05. The van der Waals surface area contributed by atoms with E-state index in [4.69, 9.17) is 4.74 Å². The molecule has 65 heavy (non-hydrogen) atoms. The topological polar surface area (TPSA) is 168 Å². The van der Waals surface area contributed by atoms with Gasteiger partial charge in [0.25, 0.3) is 0 Å². The van der Waals surface area contributed by atoms with Crippen LogP contribution >= 0.6 is 0 Å². The number of H-pyrrole nitrogens is 2. The van der Waals surface area contributed by atoms with Crippen LogP contribution in [0.25, 0.3) is 12.2 Å². The zero-order valence-corrected chi connectivity index (χ0v) is 36.8. The molecule has 7 N–H and O–H groups in total. The standard InChI is InChI=1S/C55H59N3O7/c59-23-20-45-50(62)17-11-34-25-37(53(63)51(28-34)65-39-5-1-2-6-39)24-33-10-14-40-36(31-60)13-16-42(46(40)27-33)44-19-22-57-55(44)58-30-38-29-48-43(18-21-56-48)47(52(38)54(45)64)26-32-8-12-35-4-3-7-49(61)41(35)15-9-32/h3-4,7,9-10,13-16,18-19,21-22,25,27-29,32,36,39,42,45,47,52,56-61,63H,1-2,5-6,8,11-12,17,20,23-24,26,30-31H2/t32-,36-,42+,45-,47-,52+/m0/s1. The minimum atomic E-state index is -1.03. The third-order valence-electron chi connectivity index (χ3n) is 14.9. The molecular formula is C55H59N3O7. The number of fused-ring (bicyclic) bond motifs is 8. The third kappa shape index (κ3) is 8.50. The number of allylic oxidation sites excluding steroid dienone is 2. The van der Waals surface area contributed by atoms with Crippen LogP contribution in [0.15, 0.2) is 96.9 Å². The molecule has 10 rings (SSSR count). The Balaban J connectivity index is 1.07. The smallest absolute Gasteiger partial charge is 0.161 e.